The minimum atomic E-state index is -0.823. The molecule has 2 aromatic rings. The van der Waals surface area contributed by atoms with Crippen molar-refractivity contribution in [1.29, 1.82) is 0 Å². The van der Waals surface area contributed by atoms with Gasteiger partial charge in [0.05, 0.1) is 17.4 Å². The summed E-state index contributed by atoms with van der Waals surface area (Å²) in [4.78, 5) is 27.9. The van der Waals surface area contributed by atoms with Gasteiger partial charge >= 0.3 is 6.09 Å². The summed E-state index contributed by atoms with van der Waals surface area (Å²) in [7, 11) is 0. The Balaban J connectivity index is 1.38. The standard InChI is InChI=1S/C22H26N4O3/c23-19-3-1-2-4-20(19)24-21(27)16-7-9-17(10-8-16)25-12-11-18(14-25)26(22(28)29)13-15-5-6-15/h1-4,7-10,15,18H,5-6,11-14,23H2,(H,24,27)(H,28,29). The van der Waals surface area contributed by atoms with Crippen LogP contribution in [0.1, 0.15) is 29.6 Å². The van der Waals surface area contributed by atoms with E-state index < -0.39 is 6.09 Å². The molecular weight excluding hydrogens is 368 g/mol. The number of para-hydroxylation sites is 2. The summed E-state index contributed by atoms with van der Waals surface area (Å²) in [5.74, 6) is 0.326. The first-order valence-electron chi connectivity index (χ1n) is 10.0. The second-order valence-corrected chi connectivity index (χ2v) is 7.86. The Kier molecular flexibility index (Phi) is 5.29. The highest BCUT2D eigenvalue weighted by atomic mass is 16.4. The van der Waals surface area contributed by atoms with Gasteiger partial charge in [0, 0.05) is 30.9 Å². The molecule has 2 aliphatic rings. The highest BCUT2D eigenvalue weighted by molar-refractivity contribution is 6.05. The number of hydrogen-bond donors (Lipinski definition) is 3. The molecule has 7 nitrogen and oxygen atoms in total. The SMILES string of the molecule is Nc1ccccc1NC(=O)c1ccc(N2CCC(N(CC3CC3)C(=O)O)C2)cc1. The molecule has 1 unspecified atom stereocenters. The largest absolute Gasteiger partial charge is 0.465 e. The second kappa shape index (κ2) is 8.03. The molecule has 1 saturated heterocycles. The number of nitrogens with one attached hydrogen (secondary N) is 1. The molecule has 1 saturated carbocycles. The van der Waals surface area contributed by atoms with E-state index in [9.17, 15) is 14.7 Å². The third kappa shape index (κ3) is 4.45. The lowest BCUT2D eigenvalue weighted by atomic mass is 10.1. The molecule has 1 aliphatic heterocycles. The maximum absolute atomic E-state index is 12.5. The van der Waals surface area contributed by atoms with E-state index in [1.807, 2.05) is 24.3 Å². The highest BCUT2D eigenvalue weighted by Gasteiger charge is 2.34. The Morgan fingerprint density at radius 2 is 1.83 bits per heavy atom. The summed E-state index contributed by atoms with van der Waals surface area (Å²) in [5.41, 5.74) is 8.54. The first-order chi connectivity index (χ1) is 14.0. The predicted molar refractivity (Wildman–Crippen MR) is 113 cm³/mol. The molecule has 4 rings (SSSR count). The van der Waals surface area contributed by atoms with Crippen LogP contribution in [0.5, 0.6) is 0 Å². The monoisotopic (exact) mass is 394 g/mol. The second-order valence-electron chi connectivity index (χ2n) is 7.86. The van der Waals surface area contributed by atoms with Crippen molar-refractivity contribution in [2.24, 2.45) is 5.92 Å². The van der Waals surface area contributed by atoms with Gasteiger partial charge in [-0.1, -0.05) is 12.1 Å². The molecule has 2 amide bonds. The normalized spacial score (nSPS) is 18.5. The maximum Gasteiger partial charge on any atom is 0.407 e. The van der Waals surface area contributed by atoms with Gasteiger partial charge in [0.15, 0.2) is 0 Å². The molecule has 2 fully saturated rings. The fourth-order valence-electron chi connectivity index (χ4n) is 3.82. The van der Waals surface area contributed by atoms with Crippen molar-refractivity contribution in [2.75, 3.05) is 35.6 Å². The smallest absolute Gasteiger partial charge is 0.407 e. The Morgan fingerprint density at radius 3 is 2.48 bits per heavy atom. The topological polar surface area (TPSA) is 98.9 Å². The third-order valence-corrected chi connectivity index (χ3v) is 5.71. The Bertz CT molecular complexity index is 895. The Labute approximate surface area is 170 Å². The number of hydrogen-bond acceptors (Lipinski definition) is 4. The number of rotatable bonds is 6. The van der Waals surface area contributed by atoms with E-state index in [-0.39, 0.29) is 11.9 Å². The first kappa shape index (κ1) is 19.1. The number of benzene rings is 2. The molecule has 0 spiro atoms. The van der Waals surface area contributed by atoms with E-state index in [2.05, 4.69) is 10.2 Å². The molecular formula is C22H26N4O3. The number of nitrogens with two attached hydrogens (primary N) is 1. The Morgan fingerprint density at radius 1 is 1.10 bits per heavy atom. The minimum absolute atomic E-state index is 0.0251. The molecule has 2 aromatic carbocycles. The van der Waals surface area contributed by atoms with Crippen LogP contribution >= 0.6 is 0 Å². The minimum Gasteiger partial charge on any atom is -0.465 e. The Hall–Kier alpha value is -3.22. The van der Waals surface area contributed by atoms with E-state index in [0.29, 0.717) is 35.9 Å². The zero-order chi connectivity index (χ0) is 20.4. The fraction of sp³-hybridized carbons (Fsp3) is 0.364. The zero-order valence-corrected chi connectivity index (χ0v) is 16.3. The summed E-state index contributed by atoms with van der Waals surface area (Å²) in [5, 5.41) is 12.4. The quantitative estimate of drug-likeness (QED) is 0.652. The number of nitrogen functional groups attached to an aromatic ring is 1. The predicted octanol–water partition coefficient (Wildman–Crippen LogP) is 3.49. The summed E-state index contributed by atoms with van der Waals surface area (Å²) in [6.07, 6.45) is 2.28. The van der Waals surface area contributed by atoms with Crippen LogP contribution in [-0.2, 0) is 0 Å². The fourth-order valence-corrected chi connectivity index (χ4v) is 3.82. The van der Waals surface area contributed by atoms with Gasteiger partial charge < -0.3 is 26.0 Å². The van der Waals surface area contributed by atoms with Crippen LogP contribution in [0.25, 0.3) is 0 Å². The third-order valence-electron chi connectivity index (χ3n) is 5.71. The molecule has 0 radical (unpaired) electrons. The zero-order valence-electron chi connectivity index (χ0n) is 16.3. The molecule has 4 N–H and O–H groups in total. The van der Waals surface area contributed by atoms with E-state index in [4.69, 9.17) is 5.73 Å². The summed E-state index contributed by atoms with van der Waals surface area (Å²) in [6, 6.07) is 14.6. The first-order valence-corrected chi connectivity index (χ1v) is 10.0. The number of carboxylic acid groups (broad SMARTS) is 1. The lowest BCUT2D eigenvalue weighted by Gasteiger charge is -2.27. The summed E-state index contributed by atoms with van der Waals surface area (Å²) in [6.45, 7) is 2.14. The molecule has 1 atom stereocenters. The van der Waals surface area contributed by atoms with Crippen molar-refractivity contribution in [3.63, 3.8) is 0 Å². The number of nitrogens with zero attached hydrogens (tertiary/aromatic N) is 2. The van der Waals surface area contributed by atoms with Gasteiger partial charge in [0.2, 0.25) is 0 Å². The van der Waals surface area contributed by atoms with Crippen molar-refractivity contribution in [1.82, 2.24) is 4.90 Å². The van der Waals surface area contributed by atoms with Gasteiger partial charge in [-0.15, -0.1) is 0 Å². The summed E-state index contributed by atoms with van der Waals surface area (Å²) >= 11 is 0. The number of carbonyl (C=O) groups is 2. The van der Waals surface area contributed by atoms with Crippen LogP contribution in [0.3, 0.4) is 0 Å². The van der Waals surface area contributed by atoms with Crippen LogP contribution in [-0.4, -0.2) is 47.7 Å². The van der Waals surface area contributed by atoms with E-state index in [1.165, 1.54) is 0 Å². The van der Waals surface area contributed by atoms with E-state index >= 15 is 0 Å². The van der Waals surface area contributed by atoms with Crippen molar-refractivity contribution in [3.05, 3.63) is 54.1 Å². The van der Waals surface area contributed by atoms with Crippen molar-refractivity contribution in [3.8, 4) is 0 Å². The van der Waals surface area contributed by atoms with Crippen LogP contribution in [0.2, 0.25) is 0 Å². The van der Waals surface area contributed by atoms with Crippen molar-refractivity contribution >= 4 is 29.1 Å². The van der Waals surface area contributed by atoms with Gasteiger partial charge in [0.1, 0.15) is 0 Å². The number of carbonyl (C=O) groups excluding carboxylic acids is 1. The van der Waals surface area contributed by atoms with Gasteiger partial charge in [-0.25, -0.2) is 4.79 Å². The average molecular weight is 394 g/mol. The molecule has 29 heavy (non-hydrogen) atoms. The molecule has 1 heterocycles. The van der Waals surface area contributed by atoms with Crippen molar-refractivity contribution < 1.29 is 14.7 Å². The van der Waals surface area contributed by atoms with Gasteiger partial charge in [-0.05, 0) is 61.6 Å². The van der Waals surface area contributed by atoms with Crippen molar-refractivity contribution in [2.45, 2.75) is 25.3 Å². The lowest BCUT2D eigenvalue weighted by molar-refractivity contribution is 0.102. The molecule has 0 aromatic heterocycles. The van der Waals surface area contributed by atoms with Crippen LogP contribution < -0.4 is 16.0 Å². The average Bonchev–Trinajstić information content (AvgIpc) is 3.42. The molecule has 7 heteroatoms. The number of anilines is 3. The van der Waals surface area contributed by atoms with Crippen LogP contribution in [0.4, 0.5) is 21.9 Å². The maximum atomic E-state index is 12.5. The van der Waals surface area contributed by atoms with E-state index in [0.717, 1.165) is 31.5 Å². The molecule has 0 bridgehead atoms. The van der Waals surface area contributed by atoms with Gasteiger partial charge in [0.25, 0.3) is 5.91 Å². The van der Waals surface area contributed by atoms with E-state index in [1.54, 1.807) is 29.2 Å². The van der Waals surface area contributed by atoms with Crippen LogP contribution in [0.15, 0.2) is 48.5 Å². The highest BCUT2D eigenvalue weighted by Crippen LogP contribution is 2.32. The molecule has 152 valence electrons. The van der Waals surface area contributed by atoms with Gasteiger partial charge in [-0.2, -0.15) is 0 Å². The van der Waals surface area contributed by atoms with Crippen LogP contribution in [0, 0.1) is 5.92 Å². The number of amides is 2. The van der Waals surface area contributed by atoms with Gasteiger partial charge in [-0.3, -0.25) is 4.79 Å². The lowest BCUT2D eigenvalue weighted by Crippen LogP contribution is -2.42. The summed E-state index contributed by atoms with van der Waals surface area (Å²) < 4.78 is 0. The molecule has 1 aliphatic carbocycles.